The van der Waals surface area contributed by atoms with Crippen LogP contribution in [0.4, 0.5) is 13.2 Å². The summed E-state index contributed by atoms with van der Waals surface area (Å²) in [6, 6.07) is 2.77. The van der Waals surface area contributed by atoms with Crippen molar-refractivity contribution in [2.45, 2.75) is 23.5 Å². The molecular weight excluding hydrogens is 315 g/mol. The van der Waals surface area contributed by atoms with Crippen LogP contribution in [0.2, 0.25) is 0 Å². The Balaban J connectivity index is 0.00000361. The van der Waals surface area contributed by atoms with E-state index in [0.717, 1.165) is 0 Å². The zero-order chi connectivity index (χ0) is 14.5. The first kappa shape index (κ1) is 19.0. The molecule has 1 heterocycles. The highest BCUT2D eigenvalue weighted by molar-refractivity contribution is 8.00. The van der Waals surface area contributed by atoms with E-state index >= 15 is 0 Å². The van der Waals surface area contributed by atoms with Crippen molar-refractivity contribution in [1.82, 2.24) is 15.6 Å². The molecule has 20 heavy (non-hydrogen) atoms. The number of halogens is 4. The van der Waals surface area contributed by atoms with Gasteiger partial charge in [-0.15, -0.1) is 12.4 Å². The van der Waals surface area contributed by atoms with Gasteiger partial charge in [0, 0.05) is 30.5 Å². The van der Waals surface area contributed by atoms with E-state index in [1.807, 2.05) is 6.92 Å². The summed E-state index contributed by atoms with van der Waals surface area (Å²) in [5, 5.41) is 5.12. The molecule has 1 aromatic heterocycles. The molecule has 0 aliphatic carbocycles. The van der Waals surface area contributed by atoms with Gasteiger partial charge in [0.1, 0.15) is 5.03 Å². The monoisotopic (exact) mass is 329 g/mol. The average Bonchev–Trinajstić information content (AvgIpc) is 2.34. The molecule has 0 saturated heterocycles. The maximum Gasteiger partial charge on any atom is 0.447 e. The van der Waals surface area contributed by atoms with Gasteiger partial charge >= 0.3 is 5.51 Å². The van der Waals surface area contributed by atoms with Crippen molar-refractivity contribution in [3.63, 3.8) is 0 Å². The standard InChI is InChI=1S/C11H14F3N3OS.ClH/c1-7(15-2)6-17-9(18)8-4-3-5-16-10(8)19-11(12,13)14;/h3-5,7,15H,6H2,1-2H3,(H,17,18);1H. The van der Waals surface area contributed by atoms with Crippen LogP contribution in [0.5, 0.6) is 0 Å². The van der Waals surface area contributed by atoms with Gasteiger partial charge in [0.25, 0.3) is 5.91 Å². The fourth-order valence-electron chi connectivity index (χ4n) is 1.20. The molecule has 0 radical (unpaired) electrons. The summed E-state index contributed by atoms with van der Waals surface area (Å²) in [7, 11) is 1.73. The van der Waals surface area contributed by atoms with Crippen LogP contribution in [0.1, 0.15) is 17.3 Å². The Bertz CT molecular complexity index is 445. The van der Waals surface area contributed by atoms with E-state index in [1.165, 1.54) is 18.3 Å². The molecule has 0 bridgehead atoms. The first-order valence-corrected chi connectivity index (χ1v) is 6.31. The number of alkyl halides is 3. The lowest BCUT2D eigenvalue weighted by atomic mass is 10.2. The maximum absolute atomic E-state index is 12.3. The van der Waals surface area contributed by atoms with Crippen molar-refractivity contribution >= 4 is 30.1 Å². The Hall–Kier alpha value is -0.990. The summed E-state index contributed by atoms with van der Waals surface area (Å²) in [6.45, 7) is 2.16. The van der Waals surface area contributed by atoms with E-state index in [1.54, 1.807) is 7.05 Å². The second kappa shape index (κ2) is 8.33. The van der Waals surface area contributed by atoms with Crippen molar-refractivity contribution in [1.29, 1.82) is 0 Å². The smallest absolute Gasteiger partial charge is 0.350 e. The largest absolute Gasteiger partial charge is 0.447 e. The molecule has 4 nitrogen and oxygen atoms in total. The average molecular weight is 330 g/mol. The van der Waals surface area contributed by atoms with E-state index in [9.17, 15) is 18.0 Å². The molecule has 1 aromatic rings. The Kier molecular flexibility index (Phi) is 7.92. The van der Waals surface area contributed by atoms with Crippen LogP contribution in [-0.2, 0) is 0 Å². The van der Waals surface area contributed by atoms with Crippen LogP contribution in [0.25, 0.3) is 0 Å². The van der Waals surface area contributed by atoms with Crippen LogP contribution < -0.4 is 10.6 Å². The van der Waals surface area contributed by atoms with Gasteiger partial charge in [-0.1, -0.05) is 0 Å². The fraction of sp³-hybridized carbons (Fsp3) is 0.455. The summed E-state index contributed by atoms with van der Waals surface area (Å²) >= 11 is -0.392. The topological polar surface area (TPSA) is 54.0 Å². The summed E-state index contributed by atoms with van der Waals surface area (Å²) in [5.41, 5.74) is -4.55. The highest BCUT2D eigenvalue weighted by atomic mass is 35.5. The highest BCUT2D eigenvalue weighted by Crippen LogP contribution is 2.37. The van der Waals surface area contributed by atoms with E-state index < -0.39 is 23.2 Å². The Morgan fingerprint density at radius 1 is 1.50 bits per heavy atom. The van der Waals surface area contributed by atoms with Crippen LogP contribution in [0, 0.1) is 0 Å². The lowest BCUT2D eigenvalue weighted by Gasteiger charge is -2.13. The van der Waals surface area contributed by atoms with E-state index in [0.29, 0.717) is 6.54 Å². The number of likely N-dealkylation sites (N-methyl/N-ethyl adjacent to an activating group) is 1. The molecule has 0 aliphatic rings. The number of nitrogens with zero attached hydrogens (tertiary/aromatic N) is 1. The number of nitrogens with one attached hydrogen (secondary N) is 2. The predicted molar refractivity (Wildman–Crippen MR) is 74.3 cm³/mol. The van der Waals surface area contributed by atoms with Gasteiger partial charge in [-0.25, -0.2) is 4.98 Å². The molecule has 1 amide bonds. The number of aromatic nitrogens is 1. The minimum Gasteiger partial charge on any atom is -0.350 e. The molecule has 0 aromatic carbocycles. The molecule has 2 N–H and O–H groups in total. The molecule has 0 fully saturated rings. The molecule has 9 heteroatoms. The van der Waals surface area contributed by atoms with Gasteiger partial charge in [0.15, 0.2) is 0 Å². The zero-order valence-electron chi connectivity index (χ0n) is 10.8. The minimum absolute atomic E-state index is 0. The molecule has 0 saturated carbocycles. The molecular formula is C11H15ClF3N3OS. The van der Waals surface area contributed by atoms with Crippen molar-refractivity contribution < 1.29 is 18.0 Å². The van der Waals surface area contributed by atoms with E-state index in [-0.39, 0.29) is 29.0 Å². The van der Waals surface area contributed by atoms with Crippen LogP contribution >= 0.6 is 24.2 Å². The third-order valence-corrected chi connectivity index (χ3v) is 3.04. The van der Waals surface area contributed by atoms with Gasteiger partial charge in [-0.2, -0.15) is 13.2 Å². The van der Waals surface area contributed by atoms with Gasteiger partial charge in [0.2, 0.25) is 0 Å². The minimum atomic E-state index is -4.47. The van der Waals surface area contributed by atoms with E-state index in [4.69, 9.17) is 0 Å². The number of hydrogen-bond donors (Lipinski definition) is 2. The summed E-state index contributed by atoms with van der Waals surface area (Å²) in [6.07, 6.45) is 1.22. The van der Waals surface area contributed by atoms with Gasteiger partial charge in [0.05, 0.1) is 5.56 Å². The summed E-state index contributed by atoms with van der Waals surface area (Å²) in [5.74, 6) is -0.568. The Morgan fingerprint density at radius 3 is 2.70 bits per heavy atom. The lowest BCUT2D eigenvalue weighted by molar-refractivity contribution is -0.0329. The Labute approximate surface area is 125 Å². The Morgan fingerprint density at radius 2 is 2.15 bits per heavy atom. The summed E-state index contributed by atoms with van der Waals surface area (Å²) in [4.78, 5) is 15.4. The highest BCUT2D eigenvalue weighted by Gasteiger charge is 2.32. The molecule has 0 spiro atoms. The first-order valence-electron chi connectivity index (χ1n) is 5.49. The van der Waals surface area contributed by atoms with Crippen molar-refractivity contribution in [3.8, 4) is 0 Å². The number of rotatable bonds is 5. The number of carbonyl (C=O) groups is 1. The number of amides is 1. The molecule has 1 unspecified atom stereocenters. The van der Waals surface area contributed by atoms with Crippen molar-refractivity contribution in [2.24, 2.45) is 0 Å². The lowest BCUT2D eigenvalue weighted by Crippen LogP contribution is -2.37. The third-order valence-electron chi connectivity index (χ3n) is 2.29. The number of carbonyl (C=O) groups excluding carboxylic acids is 1. The molecule has 0 aliphatic heterocycles. The van der Waals surface area contributed by atoms with Crippen molar-refractivity contribution in [2.75, 3.05) is 13.6 Å². The summed E-state index contributed by atoms with van der Waals surface area (Å²) < 4.78 is 37.0. The van der Waals surface area contributed by atoms with Crippen LogP contribution in [0.3, 0.4) is 0 Å². The molecule has 114 valence electrons. The first-order chi connectivity index (χ1) is 8.83. The zero-order valence-corrected chi connectivity index (χ0v) is 12.5. The van der Waals surface area contributed by atoms with E-state index in [2.05, 4.69) is 15.6 Å². The van der Waals surface area contributed by atoms with Gasteiger partial charge < -0.3 is 10.6 Å². The molecule has 1 atom stereocenters. The number of pyridine rings is 1. The quantitative estimate of drug-likeness (QED) is 0.815. The number of hydrogen-bond acceptors (Lipinski definition) is 4. The SMILES string of the molecule is CNC(C)CNC(=O)c1cccnc1SC(F)(F)F.Cl. The van der Waals surface area contributed by atoms with Crippen LogP contribution in [-0.4, -0.2) is 36.0 Å². The normalized spacial score (nSPS) is 12.4. The fourth-order valence-corrected chi connectivity index (χ4v) is 1.80. The van der Waals surface area contributed by atoms with Crippen LogP contribution in [0.15, 0.2) is 23.4 Å². The predicted octanol–water partition coefficient (Wildman–Crippen LogP) is 2.45. The second-order valence-corrected chi connectivity index (χ2v) is 4.86. The van der Waals surface area contributed by atoms with Gasteiger partial charge in [-0.05, 0) is 26.1 Å². The van der Waals surface area contributed by atoms with Gasteiger partial charge in [-0.3, -0.25) is 4.79 Å². The maximum atomic E-state index is 12.3. The second-order valence-electron chi connectivity index (χ2n) is 3.80. The molecule has 1 rings (SSSR count). The third kappa shape index (κ3) is 6.44. The van der Waals surface area contributed by atoms with Crippen molar-refractivity contribution in [3.05, 3.63) is 23.9 Å². The number of thioether (sulfide) groups is 1.